The predicted octanol–water partition coefficient (Wildman–Crippen LogP) is 4.05. The number of rotatable bonds is 8. The van der Waals surface area contributed by atoms with E-state index in [2.05, 4.69) is 70.3 Å². The normalized spacial score (nSPS) is 15.3. The molecule has 2 aliphatic rings. The van der Waals surface area contributed by atoms with Crippen LogP contribution in [0.5, 0.6) is 0 Å². The summed E-state index contributed by atoms with van der Waals surface area (Å²) in [5.74, 6) is 0.158. The third-order valence-electron chi connectivity index (χ3n) is 6.93. The van der Waals surface area contributed by atoms with Gasteiger partial charge in [-0.05, 0) is 65.3 Å². The molecule has 0 bridgehead atoms. The van der Waals surface area contributed by atoms with Gasteiger partial charge < -0.3 is 21.0 Å². The molecule has 0 saturated carbocycles. The number of amides is 1. The number of anilines is 1. The van der Waals surface area contributed by atoms with Crippen molar-refractivity contribution in [2.45, 2.75) is 38.9 Å². The minimum absolute atomic E-state index is 0.158. The van der Waals surface area contributed by atoms with Crippen LogP contribution >= 0.6 is 0 Å². The van der Waals surface area contributed by atoms with E-state index in [0.29, 0.717) is 13.1 Å². The molecule has 0 aromatic heterocycles. The van der Waals surface area contributed by atoms with E-state index in [9.17, 15) is 4.79 Å². The van der Waals surface area contributed by atoms with Crippen molar-refractivity contribution in [2.75, 3.05) is 31.2 Å². The number of hydrogen-bond acceptors (Lipinski definition) is 5. The molecular formula is C29H35N5O. The summed E-state index contributed by atoms with van der Waals surface area (Å²) >= 11 is 0. The average molecular weight is 470 g/mol. The second kappa shape index (κ2) is 11.0. The summed E-state index contributed by atoms with van der Waals surface area (Å²) in [6, 6.07) is 23.5. The van der Waals surface area contributed by atoms with Gasteiger partial charge in [0.15, 0.2) is 0 Å². The smallest absolute Gasteiger partial charge is 0.253 e. The van der Waals surface area contributed by atoms with Gasteiger partial charge >= 0.3 is 0 Å². The molecule has 1 saturated heterocycles. The Kier molecular flexibility index (Phi) is 7.42. The van der Waals surface area contributed by atoms with Crippen LogP contribution in [0.3, 0.4) is 0 Å². The Hall–Kier alpha value is -3.19. The second-order valence-electron chi connectivity index (χ2n) is 9.48. The highest BCUT2D eigenvalue weighted by molar-refractivity contribution is 5.94. The molecule has 35 heavy (non-hydrogen) atoms. The van der Waals surface area contributed by atoms with E-state index in [0.717, 1.165) is 56.7 Å². The van der Waals surface area contributed by atoms with Crippen molar-refractivity contribution in [2.24, 2.45) is 5.73 Å². The van der Waals surface area contributed by atoms with E-state index in [1.165, 1.54) is 34.4 Å². The van der Waals surface area contributed by atoms with Gasteiger partial charge in [0, 0.05) is 44.8 Å². The topological polar surface area (TPSA) is 73.6 Å². The van der Waals surface area contributed by atoms with Crippen molar-refractivity contribution < 1.29 is 4.79 Å². The number of piperidine rings is 1. The van der Waals surface area contributed by atoms with Crippen molar-refractivity contribution in [3.63, 3.8) is 0 Å². The first kappa shape index (κ1) is 23.5. The Morgan fingerprint density at radius 2 is 1.71 bits per heavy atom. The van der Waals surface area contributed by atoms with Crippen LogP contribution < -0.4 is 21.5 Å². The fourth-order valence-corrected chi connectivity index (χ4v) is 4.97. The largest absolute Gasteiger partial charge is 0.339 e. The zero-order valence-electron chi connectivity index (χ0n) is 20.3. The molecule has 0 aliphatic carbocycles. The molecule has 5 rings (SSSR count). The van der Waals surface area contributed by atoms with Crippen LogP contribution in [0, 0.1) is 0 Å². The Bertz CT molecular complexity index is 1150. The summed E-state index contributed by atoms with van der Waals surface area (Å²) in [4.78, 5) is 15.0. The number of likely N-dealkylation sites (tertiary alicyclic amines) is 1. The number of hydrazine groups is 1. The maximum absolute atomic E-state index is 13.0. The fraction of sp³-hybridized carbons (Fsp3) is 0.345. The number of carbonyl (C=O) groups is 1. The van der Waals surface area contributed by atoms with Crippen molar-refractivity contribution in [1.29, 1.82) is 0 Å². The monoisotopic (exact) mass is 469 g/mol. The molecule has 6 heteroatoms. The molecule has 3 aromatic carbocycles. The van der Waals surface area contributed by atoms with Gasteiger partial charge in [-0.2, -0.15) is 0 Å². The lowest BCUT2D eigenvalue weighted by Gasteiger charge is -2.27. The van der Waals surface area contributed by atoms with Crippen LogP contribution in [-0.4, -0.2) is 37.0 Å². The first-order chi connectivity index (χ1) is 17.2. The van der Waals surface area contributed by atoms with Gasteiger partial charge in [-0.15, -0.1) is 0 Å². The summed E-state index contributed by atoms with van der Waals surface area (Å²) < 4.78 is 0. The highest BCUT2D eigenvalue weighted by Gasteiger charge is 2.21. The summed E-state index contributed by atoms with van der Waals surface area (Å²) in [5, 5.41) is 5.54. The Morgan fingerprint density at radius 3 is 2.51 bits per heavy atom. The molecule has 4 N–H and O–H groups in total. The molecule has 2 aliphatic heterocycles. The second-order valence-corrected chi connectivity index (χ2v) is 9.48. The molecule has 1 amide bonds. The number of nitrogens with one attached hydrogen (secondary N) is 2. The minimum atomic E-state index is 0.158. The number of fused-ring (bicyclic) bond motifs is 1. The highest BCUT2D eigenvalue weighted by atomic mass is 16.2. The van der Waals surface area contributed by atoms with Crippen LogP contribution in [0.15, 0.2) is 66.7 Å². The van der Waals surface area contributed by atoms with Crippen molar-refractivity contribution in [1.82, 2.24) is 15.6 Å². The van der Waals surface area contributed by atoms with E-state index in [-0.39, 0.29) is 5.91 Å². The maximum atomic E-state index is 13.0. The van der Waals surface area contributed by atoms with Gasteiger partial charge in [0.05, 0.1) is 12.2 Å². The zero-order valence-corrected chi connectivity index (χ0v) is 20.3. The number of carbonyl (C=O) groups excluding carboxylic acids is 1. The molecule has 0 spiro atoms. The molecule has 0 atom stereocenters. The Labute approximate surface area is 208 Å². The summed E-state index contributed by atoms with van der Waals surface area (Å²) in [5.41, 5.74) is 17.2. The van der Waals surface area contributed by atoms with Gasteiger partial charge in [-0.25, -0.2) is 5.43 Å². The van der Waals surface area contributed by atoms with Crippen molar-refractivity contribution in [3.05, 3.63) is 89.0 Å². The number of hydrogen-bond donors (Lipinski definition) is 3. The van der Waals surface area contributed by atoms with Gasteiger partial charge in [-0.1, -0.05) is 48.5 Å². The van der Waals surface area contributed by atoms with Crippen LogP contribution in [-0.2, 0) is 19.6 Å². The molecule has 3 aromatic rings. The standard InChI is InChI=1S/C29H35N5O/c30-13-14-31-19-22-7-9-24(10-8-22)25-11-12-27-20-32-34(28(27)18-25)21-23-5-4-6-26(17-23)29(35)33-15-2-1-3-16-33/h4-12,17-18,31-32H,1-3,13-16,19-21,30H2. The van der Waals surface area contributed by atoms with E-state index >= 15 is 0 Å². The summed E-state index contributed by atoms with van der Waals surface area (Å²) in [6.45, 7) is 5.58. The molecule has 2 heterocycles. The van der Waals surface area contributed by atoms with E-state index in [1.807, 2.05) is 17.0 Å². The van der Waals surface area contributed by atoms with Crippen molar-refractivity contribution in [3.8, 4) is 11.1 Å². The SMILES string of the molecule is NCCNCc1ccc(-c2ccc3c(c2)N(Cc2cccc(C(=O)N4CCCCC4)c2)NC3)cc1. The molecule has 1 fully saturated rings. The van der Waals surface area contributed by atoms with Gasteiger partial charge in [0.25, 0.3) is 5.91 Å². The van der Waals surface area contributed by atoms with Crippen LogP contribution in [0.2, 0.25) is 0 Å². The van der Waals surface area contributed by atoms with Gasteiger partial charge in [0.1, 0.15) is 0 Å². The van der Waals surface area contributed by atoms with E-state index in [1.54, 1.807) is 0 Å². The van der Waals surface area contributed by atoms with Crippen LogP contribution in [0.25, 0.3) is 11.1 Å². The third-order valence-corrected chi connectivity index (χ3v) is 6.93. The minimum Gasteiger partial charge on any atom is -0.339 e. The van der Waals surface area contributed by atoms with Gasteiger partial charge in [-0.3, -0.25) is 4.79 Å². The molecule has 6 nitrogen and oxygen atoms in total. The lowest BCUT2D eigenvalue weighted by molar-refractivity contribution is 0.0724. The summed E-state index contributed by atoms with van der Waals surface area (Å²) in [7, 11) is 0. The number of benzene rings is 3. The average Bonchev–Trinajstić information content (AvgIpc) is 3.31. The molecule has 0 radical (unpaired) electrons. The predicted molar refractivity (Wildman–Crippen MR) is 142 cm³/mol. The molecule has 182 valence electrons. The number of nitrogens with two attached hydrogens (primary N) is 1. The Balaban J connectivity index is 1.29. The van der Waals surface area contributed by atoms with Gasteiger partial charge in [0.2, 0.25) is 0 Å². The quantitative estimate of drug-likeness (QED) is 0.434. The van der Waals surface area contributed by atoms with Crippen molar-refractivity contribution >= 4 is 11.6 Å². The zero-order chi connectivity index (χ0) is 24.0. The molecule has 0 unspecified atom stereocenters. The van der Waals surface area contributed by atoms with E-state index in [4.69, 9.17) is 5.73 Å². The lowest BCUT2D eigenvalue weighted by Crippen LogP contribution is -2.35. The third kappa shape index (κ3) is 5.56. The first-order valence-electron chi connectivity index (χ1n) is 12.7. The van der Waals surface area contributed by atoms with E-state index < -0.39 is 0 Å². The Morgan fingerprint density at radius 1 is 0.914 bits per heavy atom. The van der Waals surface area contributed by atoms with Crippen LogP contribution in [0.1, 0.15) is 46.3 Å². The first-order valence-corrected chi connectivity index (χ1v) is 12.7. The maximum Gasteiger partial charge on any atom is 0.253 e. The fourth-order valence-electron chi connectivity index (χ4n) is 4.97. The summed E-state index contributed by atoms with van der Waals surface area (Å²) in [6.07, 6.45) is 3.44. The van der Waals surface area contributed by atoms with Crippen LogP contribution in [0.4, 0.5) is 5.69 Å². The highest BCUT2D eigenvalue weighted by Crippen LogP contribution is 2.32. The lowest BCUT2D eigenvalue weighted by atomic mass is 10.0. The molecular weight excluding hydrogens is 434 g/mol. The number of nitrogens with zero attached hydrogens (tertiary/aromatic N) is 2.